The highest BCUT2D eigenvalue weighted by Gasteiger charge is 2.21. The molecule has 0 aliphatic rings. The van der Waals surface area contributed by atoms with E-state index in [0.29, 0.717) is 23.0 Å². The number of benzene rings is 1. The Hall–Kier alpha value is -1.81. The van der Waals surface area contributed by atoms with Gasteiger partial charge in [-0.05, 0) is 25.0 Å². The zero-order chi connectivity index (χ0) is 14.9. The Morgan fingerprint density at radius 1 is 1.45 bits per heavy atom. The number of halogens is 1. The first kappa shape index (κ1) is 14.6. The Morgan fingerprint density at radius 2 is 2.15 bits per heavy atom. The Kier molecular flexibility index (Phi) is 4.14. The molecule has 0 radical (unpaired) electrons. The molecule has 20 heavy (non-hydrogen) atoms. The van der Waals surface area contributed by atoms with Crippen LogP contribution >= 0.6 is 11.6 Å². The molecule has 0 fully saturated rings. The van der Waals surface area contributed by atoms with Crippen LogP contribution in [0.5, 0.6) is 0 Å². The van der Waals surface area contributed by atoms with Gasteiger partial charge in [-0.2, -0.15) is 5.10 Å². The predicted octanol–water partition coefficient (Wildman–Crippen LogP) is 3.87. The Balaban J connectivity index is 2.63. The maximum atomic E-state index is 11.3. The molecular weight excluding hydrogens is 276 g/mol. The first-order chi connectivity index (χ1) is 9.40. The van der Waals surface area contributed by atoms with Crippen LogP contribution < -0.4 is 0 Å². The molecule has 0 unspecified atom stereocenters. The highest BCUT2D eigenvalue weighted by atomic mass is 35.5. The van der Waals surface area contributed by atoms with Crippen LogP contribution in [0.4, 0.5) is 0 Å². The van der Waals surface area contributed by atoms with Gasteiger partial charge >= 0.3 is 5.97 Å². The molecule has 1 N–H and O–H groups in total. The lowest BCUT2D eigenvalue weighted by atomic mass is 10.1. The molecule has 106 valence electrons. The van der Waals surface area contributed by atoms with E-state index >= 15 is 0 Å². The zero-order valence-corrected chi connectivity index (χ0v) is 12.5. The molecule has 2 aromatic rings. The van der Waals surface area contributed by atoms with Crippen LogP contribution in [-0.2, 0) is 6.54 Å². The number of carbonyl (C=O) groups is 1. The summed E-state index contributed by atoms with van der Waals surface area (Å²) >= 11 is 6.03. The number of rotatable bonds is 4. The average molecular weight is 293 g/mol. The van der Waals surface area contributed by atoms with Gasteiger partial charge in [0.15, 0.2) is 5.69 Å². The summed E-state index contributed by atoms with van der Waals surface area (Å²) in [4.78, 5) is 11.3. The van der Waals surface area contributed by atoms with Gasteiger partial charge in [0, 0.05) is 22.7 Å². The van der Waals surface area contributed by atoms with Crippen molar-refractivity contribution in [2.75, 3.05) is 0 Å². The summed E-state index contributed by atoms with van der Waals surface area (Å²) in [5.41, 5.74) is 2.47. The van der Waals surface area contributed by atoms with Crippen molar-refractivity contribution in [2.24, 2.45) is 5.92 Å². The van der Waals surface area contributed by atoms with Gasteiger partial charge in [0.1, 0.15) is 0 Å². The normalized spacial score (nSPS) is 11.1. The lowest BCUT2D eigenvalue weighted by Gasteiger charge is -2.11. The summed E-state index contributed by atoms with van der Waals surface area (Å²) in [6.07, 6.45) is 0. The van der Waals surface area contributed by atoms with Crippen molar-refractivity contribution in [1.82, 2.24) is 9.78 Å². The average Bonchev–Trinajstić information content (AvgIpc) is 2.65. The topological polar surface area (TPSA) is 55.1 Å². The third kappa shape index (κ3) is 2.85. The summed E-state index contributed by atoms with van der Waals surface area (Å²) < 4.78 is 1.76. The van der Waals surface area contributed by atoms with Crippen molar-refractivity contribution >= 4 is 17.6 Å². The Labute approximate surface area is 123 Å². The second-order valence-electron chi connectivity index (χ2n) is 5.21. The van der Waals surface area contributed by atoms with E-state index in [2.05, 4.69) is 18.9 Å². The van der Waals surface area contributed by atoms with E-state index in [1.54, 1.807) is 17.7 Å². The summed E-state index contributed by atoms with van der Waals surface area (Å²) in [6.45, 7) is 6.58. The number of carboxylic acid groups (broad SMARTS) is 1. The number of hydrogen-bond donors (Lipinski definition) is 1. The molecular formula is C15H17ClN2O2. The first-order valence-corrected chi connectivity index (χ1v) is 6.84. The fourth-order valence-electron chi connectivity index (χ4n) is 2.23. The summed E-state index contributed by atoms with van der Waals surface area (Å²) in [7, 11) is 0. The van der Waals surface area contributed by atoms with Crippen LogP contribution in [-0.4, -0.2) is 20.9 Å². The van der Waals surface area contributed by atoms with Crippen molar-refractivity contribution in [1.29, 1.82) is 0 Å². The van der Waals surface area contributed by atoms with Gasteiger partial charge in [-0.25, -0.2) is 4.79 Å². The molecule has 0 spiro atoms. The SMILES string of the molecule is Cc1c(C(=O)O)nn(CC(C)C)c1-c1cccc(Cl)c1. The molecule has 4 nitrogen and oxygen atoms in total. The molecule has 0 amide bonds. The standard InChI is InChI=1S/C15H17ClN2O2/c1-9(2)8-18-14(10(3)13(17-18)15(19)20)11-5-4-6-12(16)7-11/h4-7,9H,8H2,1-3H3,(H,19,20). The van der Waals surface area contributed by atoms with E-state index in [0.717, 1.165) is 11.3 Å². The van der Waals surface area contributed by atoms with E-state index in [4.69, 9.17) is 11.6 Å². The summed E-state index contributed by atoms with van der Waals surface area (Å²) in [5.74, 6) is -0.637. The van der Waals surface area contributed by atoms with Crippen LogP contribution in [0.1, 0.15) is 29.9 Å². The molecule has 2 rings (SSSR count). The fourth-order valence-corrected chi connectivity index (χ4v) is 2.42. The third-order valence-corrected chi connectivity index (χ3v) is 3.26. The van der Waals surface area contributed by atoms with Gasteiger partial charge in [0.05, 0.1) is 5.69 Å². The van der Waals surface area contributed by atoms with Crippen molar-refractivity contribution in [3.8, 4) is 11.3 Å². The molecule has 1 heterocycles. The second kappa shape index (κ2) is 5.67. The van der Waals surface area contributed by atoms with Crippen molar-refractivity contribution < 1.29 is 9.90 Å². The maximum absolute atomic E-state index is 11.3. The van der Waals surface area contributed by atoms with Gasteiger partial charge in [0.2, 0.25) is 0 Å². The van der Waals surface area contributed by atoms with Gasteiger partial charge in [-0.3, -0.25) is 4.68 Å². The smallest absolute Gasteiger partial charge is 0.356 e. The van der Waals surface area contributed by atoms with Gasteiger partial charge in [-0.15, -0.1) is 0 Å². The molecule has 0 bridgehead atoms. The molecule has 0 aliphatic carbocycles. The number of aromatic nitrogens is 2. The van der Waals surface area contributed by atoms with E-state index in [1.165, 1.54) is 0 Å². The maximum Gasteiger partial charge on any atom is 0.356 e. The van der Waals surface area contributed by atoms with Gasteiger partial charge < -0.3 is 5.11 Å². The predicted molar refractivity (Wildman–Crippen MR) is 79.2 cm³/mol. The van der Waals surface area contributed by atoms with Crippen molar-refractivity contribution in [2.45, 2.75) is 27.3 Å². The second-order valence-corrected chi connectivity index (χ2v) is 5.65. The summed E-state index contributed by atoms with van der Waals surface area (Å²) in [5, 5.41) is 14.1. The van der Waals surface area contributed by atoms with Crippen LogP contribution in [0.25, 0.3) is 11.3 Å². The Bertz CT molecular complexity index is 647. The highest BCUT2D eigenvalue weighted by Crippen LogP contribution is 2.28. The van der Waals surface area contributed by atoms with E-state index in [-0.39, 0.29) is 5.69 Å². The molecule has 0 aliphatic heterocycles. The number of aromatic carboxylic acids is 1. The van der Waals surface area contributed by atoms with Crippen molar-refractivity contribution in [3.05, 3.63) is 40.5 Å². The number of nitrogens with zero attached hydrogens (tertiary/aromatic N) is 2. The molecule has 0 atom stereocenters. The molecule has 1 aromatic carbocycles. The quantitative estimate of drug-likeness (QED) is 0.931. The number of hydrogen-bond acceptors (Lipinski definition) is 2. The molecule has 0 saturated heterocycles. The van der Waals surface area contributed by atoms with Crippen LogP contribution in [0.2, 0.25) is 5.02 Å². The third-order valence-electron chi connectivity index (χ3n) is 3.03. The summed E-state index contributed by atoms with van der Waals surface area (Å²) in [6, 6.07) is 7.39. The minimum absolute atomic E-state index is 0.0978. The first-order valence-electron chi connectivity index (χ1n) is 6.46. The lowest BCUT2D eigenvalue weighted by Crippen LogP contribution is -2.09. The monoisotopic (exact) mass is 292 g/mol. The highest BCUT2D eigenvalue weighted by molar-refractivity contribution is 6.30. The molecule has 1 aromatic heterocycles. The van der Waals surface area contributed by atoms with Gasteiger partial charge in [0.25, 0.3) is 0 Å². The Morgan fingerprint density at radius 3 is 2.70 bits per heavy atom. The minimum Gasteiger partial charge on any atom is -0.476 e. The lowest BCUT2D eigenvalue weighted by molar-refractivity contribution is 0.0688. The number of carboxylic acids is 1. The van der Waals surface area contributed by atoms with Crippen LogP contribution in [0.3, 0.4) is 0 Å². The van der Waals surface area contributed by atoms with E-state index < -0.39 is 5.97 Å². The largest absolute Gasteiger partial charge is 0.476 e. The fraction of sp³-hybridized carbons (Fsp3) is 0.333. The molecule has 5 heteroatoms. The minimum atomic E-state index is -1.01. The van der Waals surface area contributed by atoms with Crippen molar-refractivity contribution in [3.63, 3.8) is 0 Å². The molecule has 0 saturated carbocycles. The van der Waals surface area contributed by atoms with Crippen LogP contribution in [0.15, 0.2) is 24.3 Å². The zero-order valence-electron chi connectivity index (χ0n) is 11.7. The van der Waals surface area contributed by atoms with E-state index in [9.17, 15) is 9.90 Å². The van der Waals surface area contributed by atoms with E-state index in [1.807, 2.05) is 18.2 Å². The van der Waals surface area contributed by atoms with Gasteiger partial charge in [-0.1, -0.05) is 37.6 Å². The van der Waals surface area contributed by atoms with Crippen LogP contribution in [0, 0.1) is 12.8 Å².